The van der Waals surface area contributed by atoms with E-state index in [1.54, 1.807) is 38.3 Å². The molecule has 0 saturated heterocycles. The van der Waals surface area contributed by atoms with Crippen molar-refractivity contribution in [1.29, 1.82) is 0 Å². The maximum atomic E-state index is 11.5. The predicted octanol–water partition coefficient (Wildman–Crippen LogP) is 0.506. The number of carbonyl (C=O) groups excluding carboxylic acids is 2. The van der Waals surface area contributed by atoms with Crippen molar-refractivity contribution in [2.45, 2.75) is 13.3 Å². The van der Waals surface area contributed by atoms with E-state index in [0.717, 1.165) is 0 Å². The van der Waals surface area contributed by atoms with Gasteiger partial charge in [-0.15, -0.1) is 0 Å². The molecule has 0 spiro atoms. The van der Waals surface area contributed by atoms with Crippen LogP contribution in [0.15, 0.2) is 24.3 Å². The lowest BCUT2D eigenvalue weighted by atomic mass is 10.3. The molecule has 8 heteroatoms. The summed E-state index contributed by atoms with van der Waals surface area (Å²) in [6.45, 7) is 1.50. The van der Waals surface area contributed by atoms with Gasteiger partial charge in [0.25, 0.3) is 5.91 Å². The Morgan fingerprint density at radius 2 is 1.71 bits per heavy atom. The minimum atomic E-state index is -0.432. The number of thiocarbonyl (C=S) groups is 1. The number of nitrogens with one attached hydrogen (secondary N) is 3. The highest BCUT2D eigenvalue weighted by atomic mass is 32.1. The van der Waals surface area contributed by atoms with Gasteiger partial charge in [0.05, 0.1) is 7.11 Å². The van der Waals surface area contributed by atoms with Crippen LogP contribution in [-0.2, 0) is 9.59 Å². The highest BCUT2D eigenvalue weighted by Crippen LogP contribution is 2.16. The van der Waals surface area contributed by atoms with Crippen LogP contribution in [0, 0.1) is 0 Å². The fourth-order valence-corrected chi connectivity index (χ4v) is 1.39. The van der Waals surface area contributed by atoms with Gasteiger partial charge in [-0.3, -0.25) is 20.4 Å². The first kappa shape index (κ1) is 16.7. The average Bonchev–Trinajstić information content (AvgIpc) is 2.51. The third-order valence-corrected chi connectivity index (χ3v) is 2.52. The summed E-state index contributed by atoms with van der Waals surface area (Å²) < 4.78 is 10.3. The van der Waals surface area contributed by atoms with E-state index in [4.69, 9.17) is 21.7 Å². The molecule has 0 unspecified atom stereocenters. The molecule has 0 aliphatic rings. The fourth-order valence-electron chi connectivity index (χ4n) is 1.23. The first-order chi connectivity index (χ1) is 10.0. The maximum absolute atomic E-state index is 11.5. The number of ether oxygens (including phenoxy) is 2. The van der Waals surface area contributed by atoms with Crippen molar-refractivity contribution in [2.75, 3.05) is 13.7 Å². The van der Waals surface area contributed by atoms with Crippen molar-refractivity contribution in [3.8, 4) is 11.5 Å². The molecule has 2 amide bonds. The maximum Gasteiger partial charge on any atom is 0.276 e. The van der Waals surface area contributed by atoms with Gasteiger partial charge in [-0.05, 0) is 36.5 Å². The van der Waals surface area contributed by atoms with E-state index in [0.29, 0.717) is 17.9 Å². The average molecular weight is 311 g/mol. The van der Waals surface area contributed by atoms with Crippen LogP contribution in [0.2, 0.25) is 0 Å². The Labute approximate surface area is 128 Å². The number of hydrogen-bond donors (Lipinski definition) is 3. The highest BCUT2D eigenvalue weighted by Gasteiger charge is 2.05. The van der Waals surface area contributed by atoms with E-state index in [-0.39, 0.29) is 17.6 Å². The summed E-state index contributed by atoms with van der Waals surface area (Å²) in [5.74, 6) is 0.563. The topological polar surface area (TPSA) is 88.7 Å². The van der Waals surface area contributed by atoms with E-state index in [9.17, 15) is 9.59 Å². The van der Waals surface area contributed by atoms with Crippen molar-refractivity contribution in [2.24, 2.45) is 0 Å². The second-order valence-corrected chi connectivity index (χ2v) is 4.28. The molecule has 114 valence electrons. The Hall–Kier alpha value is -2.35. The molecule has 0 aromatic heterocycles. The van der Waals surface area contributed by atoms with E-state index in [1.807, 2.05) is 0 Å². The summed E-state index contributed by atoms with van der Waals surface area (Å²) >= 11 is 4.81. The Balaban J connectivity index is 2.27. The molecule has 1 rings (SSSR count). The predicted molar refractivity (Wildman–Crippen MR) is 80.8 cm³/mol. The zero-order valence-corrected chi connectivity index (χ0v) is 12.6. The molecule has 0 saturated carbocycles. The van der Waals surface area contributed by atoms with Crippen LogP contribution in [0.1, 0.15) is 13.3 Å². The zero-order chi connectivity index (χ0) is 15.7. The number of methoxy groups -OCH3 is 1. The largest absolute Gasteiger partial charge is 0.497 e. The summed E-state index contributed by atoms with van der Waals surface area (Å²) in [7, 11) is 1.56. The second kappa shape index (κ2) is 8.75. The number of carbonyl (C=O) groups is 2. The molecule has 0 atom stereocenters. The van der Waals surface area contributed by atoms with Crippen molar-refractivity contribution in [3.63, 3.8) is 0 Å². The third-order valence-electron chi connectivity index (χ3n) is 2.32. The minimum absolute atomic E-state index is 0.0275. The van der Waals surface area contributed by atoms with Crippen molar-refractivity contribution in [1.82, 2.24) is 16.2 Å². The smallest absolute Gasteiger partial charge is 0.276 e. The molecular formula is C13H17N3O4S. The third kappa shape index (κ3) is 6.57. The van der Waals surface area contributed by atoms with Crippen molar-refractivity contribution >= 4 is 29.1 Å². The second-order valence-electron chi connectivity index (χ2n) is 3.87. The van der Waals surface area contributed by atoms with E-state index >= 15 is 0 Å². The summed E-state index contributed by atoms with van der Waals surface area (Å²) in [6, 6.07) is 6.82. The molecule has 0 heterocycles. The summed E-state index contributed by atoms with van der Waals surface area (Å²) in [4.78, 5) is 22.5. The van der Waals surface area contributed by atoms with Gasteiger partial charge in [0, 0.05) is 6.42 Å². The lowest BCUT2D eigenvalue weighted by Gasteiger charge is -2.11. The number of benzene rings is 1. The number of rotatable bonds is 5. The Kier molecular flexibility index (Phi) is 6.96. The van der Waals surface area contributed by atoms with Gasteiger partial charge in [-0.2, -0.15) is 0 Å². The SMILES string of the molecule is CCC(=O)NC(=S)NNC(=O)COc1ccc(OC)cc1. The van der Waals surface area contributed by atoms with E-state index < -0.39 is 5.91 Å². The molecule has 0 bridgehead atoms. The van der Waals surface area contributed by atoms with Crippen molar-refractivity contribution in [3.05, 3.63) is 24.3 Å². The molecule has 0 fully saturated rings. The number of hydrazine groups is 1. The molecule has 21 heavy (non-hydrogen) atoms. The molecule has 0 aliphatic heterocycles. The highest BCUT2D eigenvalue weighted by molar-refractivity contribution is 7.80. The molecular weight excluding hydrogens is 294 g/mol. The molecule has 1 aromatic carbocycles. The quantitative estimate of drug-likeness (QED) is 0.542. The van der Waals surface area contributed by atoms with Gasteiger partial charge in [-0.1, -0.05) is 6.92 Å². The Morgan fingerprint density at radius 3 is 2.29 bits per heavy atom. The van der Waals surface area contributed by atoms with E-state index in [1.165, 1.54) is 0 Å². The lowest BCUT2D eigenvalue weighted by molar-refractivity contribution is -0.124. The molecule has 7 nitrogen and oxygen atoms in total. The van der Waals surface area contributed by atoms with Crippen LogP contribution in [0.4, 0.5) is 0 Å². The molecule has 1 aromatic rings. The van der Waals surface area contributed by atoms with Crippen molar-refractivity contribution < 1.29 is 19.1 Å². The van der Waals surface area contributed by atoms with Gasteiger partial charge in [0.15, 0.2) is 11.7 Å². The molecule has 0 aliphatic carbocycles. The van der Waals surface area contributed by atoms with E-state index in [2.05, 4.69) is 16.2 Å². The molecule has 0 radical (unpaired) electrons. The standard InChI is InChI=1S/C13H17N3O4S/c1-3-11(17)14-13(21)16-15-12(18)8-20-10-6-4-9(19-2)5-7-10/h4-7H,3,8H2,1-2H3,(H,15,18)(H2,14,16,17,21). The van der Waals surface area contributed by atoms with Gasteiger partial charge in [-0.25, -0.2) is 0 Å². The van der Waals surface area contributed by atoms with Gasteiger partial charge >= 0.3 is 0 Å². The van der Waals surface area contributed by atoms with Crippen LogP contribution in [0.5, 0.6) is 11.5 Å². The van der Waals surface area contributed by atoms with Gasteiger partial charge < -0.3 is 14.8 Å². The van der Waals surface area contributed by atoms with Gasteiger partial charge in [0.2, 0.25) is 5.91 Å². The lowest BCUT2D eigenvalue weighted by Crippen LogP contribution is -2.49. The van der Waals surface area contributed by atoms with Crippen LogP contribution >= 0.6 is 12.2 Å². The van der Waals surface area contributed by atoms with Crippen LogP contribution in [0.25, 0.3) is 0 Å². The fraction of sp³-hybridized carbons (Fsp3) is 0.308. The summed E-state index contributed by atoms with van der Waals surface area (Å²) in [6.07, 6.45) is 0.302. The zero-order valence-electron chi connectivity index (χ0n) is 11.8. The van der Waals surface area contributed by atoms with Crippen LogP contribution in [0.3, 0.4) is 0 Å². The first-order valence-electron chi connectivity index (χ1n) is 6.20. The Morgan fingerprint density at radius 1 is 1.10 bits per heavy atom. The Bertz CT molecular complexity index is 505. The van der Waals surface area contributed by atoms with Gasteiger partial charge in [0.1, 0.15) is 11.5 Å². The first-order valence-corrected chi connectivity index (χ1v) is 6.61. The minimum Gasteiger partial charge on any atom is -0.497 e. The van der Waals surface area contributed by atoms with Crippen LogP contribution in [-0.4, -0.2) is 30.6 Å². The number of hydrogen-bond acceptors (Lipinski definition) is 5. The summed E-state index contributed by atoms with van der Waals surface area (Å²) in [5, 5.41) is 2.41. The normalized spacial score (nSPS) is 9.43. The molecule has 3 N–H and O–H groups in total. The number of amides is 2. The van der Waals surface area contributed by atoms with Crippen LogP contribution < -0.4 is 25.6 Å². The summed E-state index contributed by atoms with van der Waals surface area (Å²) in [5.41, 5.74) is 4.71. The monoisotopic (exact) mass is 311 g/mol.